The minimum absolute atomic E-state index is 0.0433. The number of amides is 3. The number of hydrazine groups is 1. The molecule has 0 bridgehead atoms. The molecule has 0 unspecified atom stereocenters. The predicted molar refractivity (Wildman–Crippen MR) is 146 cm³/mol. The number of hydrazone groups is 1. The van der Waals surface area contributed by atoms with E-state index in [9.17, 15) is 14.4 Å². The molecule has 0 aromatic carbocycles. The molecule has 38 heavy (non-hydrogen) atoms. The van der Waals surface area contributed by atoms with Crippen molar-refractivity contribution >= 4 is 23.6 Å². The molecule has 8 N–H and O–H groups in total. The minimum atomic E-state index is -0.553. The third kappa shape index (κ3) is 9.07. The molecule has 0 aromatic rings. The van der Waals surface area contributed by atoms with Crippen LogP contribution in [0.1, 0.15) is 59.8 Å². The van der Waals surface area contributed by atoms with Crippen molar-refractivity contribution in [1.82, 2.24) is 20.5 Å². The molecule has 1 aliphatic rings. The van der Waals surface area contributed by atoms with Crippen molar-refractivity contribution < 1.29 is 23.9 Å². The van der Waals surface area contributed by atoms with E-state index in [2.05, 4.69) is 22.8 Å². The van der Waals surface area contributed by atoms with E-state index in [1.165, 1.54) is 0 Å². The Labute approximate surface area is 227 Å². The maximum absolute atomic E-state index is 13.6. The molecule has 0 aliphatic carbocycles. The Balaban J connectivity index is 3.04. The summed E-state index contributed by atoms with van der Waals surface area (Å²) in [7, 11) is 4.86. The van der Waals surface area contributed by atoms with Gasteiger partial charge in [-0.2, -0.15) is 5.10 Å². The van der Waals surface area contributed by atoms with E-state index in [0.717, 1.165) is 12.8 Å². The second-order valence-electron chi connectivity index (χ2n) is 10.3. The summed E-state index contributed by atoms with van der Waals surface area (Å²) in [6.45, 7) is 8.26. The lowest BCUT2D eigenvalue weighted by Crippen LogP contribution is -2.53. The van der Waals surface area contributed by atoms with Gasteiger partial charge < -0.3 is 41.6 Å². The first kappa shape index (κ1) is 33.5. The van der Waals surface area contributed by atoms with Crippen LogP contribution in [0.2, 0.25) is 0 Å². The zero-order chi connectivity index (χ0) is 29.0. The van der Waals surface area contributed by atoms with Gasteiger partial charge in [0.25, 0.3) is 0 Å². The van der Waals surface area contributed by atoms with Crippen molar-refractivity contribution in [2.45, 2.75) is 90.1 Å². The van der Waals surface area contributed by atoms with Crippen LogP contribution in [0.25, 0.3) is 0 Å². The van der Waals surface area contributed by atoms with Crippen LogP contribution in [-0.4, -0.2) is 98.0 Å². The molecule has 1 rings (SSSR count). The molecule has 1 fully saturated rings. The minimum Gasteiger partial charge on any atom is -0.379 e. The summed E-state index contributed by atoms with van der Waals surface area (Å²) in [5, 5.41) is 6.20. The maximum Gasteiger partial charge on any atom is 0.225 e. The number of carbonyl (C=O) groups is 3. The number of nitrogens with zero attached hydrogens (tertiary/aromatic N) is 3. The summed E-state index contributed by atoms with van der Waals surface area (Å²) in [6, 6.07) is -0.833. The van der Waals surface area contributed by atoms with Crippen molar-refractivity contribution in [1.29, 1.82) is 0 Å². The number of amidine groups is 1. The third-order valence-electron chi connectivity index (χ3n) is 7.55. The Bertz CT molecular complexity index is 796. The second kappa shape index (κ2) is 16.5. The Morgan fingerprint density at radius 2 is 1.82 bits per heavy atom. The van der Waals surface area contributed by atoms with Crippen molar-refractivity contribution in [3.63, 3.8) is 0 Å². The van der Waals surface area contributed by atoms with E-state index in [-0.39, 0.29) is 67.0 Å². The molecule has 3 amide bonds. The van der Waals surface area contributed by atoms with Crippen molar-refractivity contribution in [2.75, 3.05) is 34.4 Å². The summed E-state index contributed by atoms with van der Waals surface area (Å²) in [5.74, 6) is 9.88. The van der Waals surface area contributed by atoms with Crippen LogP contribution >= 0.6 is 0 Å². The number of nitrogens with one attached hydrogen (secondary N) is 2. The Hall–Kier alpha value is -2.48. The normalized spacial score (nSPS) is 20.7. The van der Waals surface area contributed by atoms with Gasteiger partial charge in [-0.1, -0.05) is 27.2 Å². The largest absolute Gasteiger partial charge is 0.379 e. The highest BCUT2D eigenvalue weighted by Gasteiger charge is 2.41. The molecule has 0 aromatic heterocycles. The molecule has 0 radical (unpaired) electrons. The number of rotatable bonds is 15. The Kier molecular flexibility index (Phi) is 14.5. The SMILES string of the molecule is CC[C@H](C)[C@@H]([C@@H](CC(=O)N1CCC[C@H]1[C@H](OC)[C@@H](C)C(=O)NC/C(=N/N)NN)OC)N(C)C(=O)C[C@H](C)N. The average Bonchev–Trinajstić information content (AvgIpc) is 3.37. The van der Waals surface area contributed by atoms with Crippen LogP contribution in [0, 0.1) is 11.8 Å². The van der Waals surface area contributed by atoms with Gasteiger partial charge in [-0.3, -0.25) is 14.4 Å². The standard InChI is InChI=1S/C25H50N8O5/c1-8-15(2)23(32(5)21(34)12-16(3)26)19(37-6)13-22(35)33-11-9-10-18(33)24(38-7)17(4)25(36)29-14-20(30-27)31-28/h15-19,23-24H,8-14,26-28H2,1-7H3,(H,29,36)(H,30,31)/t15-,16-,17+,18-,19+,23-,24+/m0/s1. The number of carbonyl (C=O) groups excluding carboxylic acids is 3. The van der Waals surface area contributed by atoms with Gasteiger partial charge >= 0.3 is 0 Å². The fourth-order valence-corrected chi connectivity index (χ4v) is 5.21. The van der Waals surface area contributed by atoms with Crippen LogP contribution in [0.4, 0.5) is 0 Å². The molecule has 1 aliphatic heterocycles. The molecule has 13 heteroatoms. The van der Waals surface area contributed by atoms with Crippen LogP contribution in [0.3, 0.4) is 0 Å². The van der Waals surface area contributed by atoms with Gasteiger partial charge in [0.1, 0.15) is 0 Å². The lowest BCUT2D eigenvalue weighted by molar-refractivity contribution is -0.145. The van der Waals surface area contributed by atoms with E-state index in [4.69, 9.17) is 26.9 Å². The second-order valence-corrected chi connectivity index (χ2v) is 10.3. The monoisotopic (exact) mass is 542 g/mol. The smallest absolute Gasteiger partial charge is 0.225 e. The van der Waals surface area contributed by atoms with Crippen molar-refractivity contribution in [2.24, 2.45) is 34.4 Å². The quantitative estimate of drug-likeness (QED) is 0.0785. The molecule has 1 saturated heterocycles. The zero-order valence-corrected chi connectivity index (χ0v) is 24.1. The number of likely N-dealkylation sites (N-methyl/N-ethyl adjacent to an activating group) is 1. The van der Waals surface area contributed by atoms with Gasteiger partial charge in [0, 0.05) is 40.3 Å². The van der Waals surface area contributed by atoms with Gasteiger partial charge in [0.2, 0.25) is 17.7 Å². The number of hydrogen-bond acceptors (Lipinski definition) is 9. The first-order chi connectivity index (χ1) is 18.0. The van der Waals surface area contributed by atoms with E-state index in [1.807, 2.05) is 6.92 Å². The fraction of sp³-hybridized carbons (Fsp3) is 0.840. The molecular weight excluding hydrogens is 492 g/mol. The lowest BCUT2D eigenvalue weighted by Gasteiger charge is -2.39. The first-order valence-corrected chi connectivity index (χ1v) is 13.3. The fourth-order valence-electron chi connectivity index (χ4n) is 5.21. The van der Waals surface area contributed by atoms with Gasteiger partial charge in [-0.25, -0.2) is 5.84 Å². The van der Waals surface area contributed by atoms with Gasteiger partial charge in [0.05, 0.1) is 43.2 Å². The van der Waals surface area contributed by atoms with Crippen LogP contribution in [0.5, 0.6) is 0 Å². The molecule has 7 atom stereocenters. The van der Waals surface area contributed by atoms with Crippen LogP contribution in [0.15, 0.2) is 5.10 Å². The molecular formula is C25H50N8O5. The summed E-state index contributed by atoms with van der Waals surface area (Å²) < 4.78 is 11.6. The summed E-state index contributed by atoms with van der Waals surface area (Å²) in [6.07, 6.45) is 1.62. The van der Waals surface area contributed by atoms with Crippen molar-refractivity contribution in [3.8, 4) is 0 Å². The number of likely N-dealkylation sites (tertiary alicyclic amines) is 1. The molecule has 1 heterocycles. The highest BCUT2D eigenvalue weighted by Crippen LogP contribution is 2.29. The highest BCUT2D eigenvalue weighted by atomic mass is 16.5. The Morgan fingerprint density at radius 1 is 1.16 bits per heavy atom. The summed E-state index contributed by atoms with van der Waals surface area (Å²) in [4.78, 5) is 42.8. The van der Waals surface area contributed by atoms with Crippen molar-refractivity contribution in [3.05, 3.63) is 0 Å². The first-order valence-electron chi connectivity index (χ1n) is 13.3. The Morgan fingerprint density at radius 3 is 2.32 bits per heavy atom. The topological polar surface area (TPSA) is 191 Å². The van der Waals surface area contributed by atoms with Gasteiger partial charge in [0.15, 0.2) is 5.84 Å². The zero-order valence-electron chi connectivity index (χ0n) is 24.1. The number of methoxy groups -OCH3 is 2. The van der Waals surface area contributed by atoms with E-state index >= 15 is 0 Å². The highest BCUT2D eigenvalue weighted by molar-refractivity contribution is 5.88. The lowest BCUT2D eigenvalue weighted by atomic mass is 9.90. The molecule has 13 nitrogen and oxygen atoms in total. The molecule has 220 valence electrons. The maximum atomic E-state index is 13.6. The van der Waals surface area contributed by atoms with Gasteiger partial charge in [-0.05, 0) is 25.7 Å². The summed E-state index contributed by atoms with van der Waals surface area (Å²) in [5.41, 5.74) is 8.18. The number of ether oxygens (including phenoxy) is 2. The number of hydrogen-bond donors (Lipinski definition) is 5. The van der Waals surface area contributed by atoms with Crippen LogP contribution in [-0.2, 0) is 23.9 Å². The molecule has 0 saturated carbocycles. The van der Waals surface area contributed by atoms with E-state index < -0.39 is 18.1 Å². The number of nitrogens with two attached hydrogens (primary N) is 3. The third-order valence-corrected chi connectivity index (χ3v) is 7.55. The molecule has 0 spiro atoms. The van der Waals surface area contributed by atoms with E-state index in [0.29, 0.717) is 13.0 Å². The predicted octanol–water partition coefficient (Wildman–Crippen LogP) is -0.504. The summed E-state index contributed by atoms with van der Waals surface area (Å²) >= 11 is 0. The average molecular weight is 543 g/mol. The van der Waals surface area contributed by atoms with Gasteiger partial charge in [-0.15, -0.1) is 0 Å². The van der Waals surface area contributed by atoms with Crippen LogP contribution < -0.4 is 28.2 Å². The van der Waals surface area contributed by atoms with E-state index in [1.54, 1.807) is 44.9 Å².